The third kappa shape index (κ3) is 2.36. The van der Waals surface area contributed by atoms with E-state index >= 15 is 0 Å². The van der Waals surface area contributed by atoms with Gasteiger partial charge in [0.1, 0.15) is 5.69 Å². The van der Waals surface area contributed by atoms with Crippen LogP contribution < -0.4 is 4.90 Å². The van der Waals surface area contributed by atoms with Gasteiger partial charge in [0, 0.05) is 26.7 Å². The molecule has 0 bridgehead atoms. The molecule has 0 saturated heterocycles. The molecule has 1 heterocycles. The molecule has 0 aliphatic carbocycles. The summed E-state index contributed by atoms with van der Waals surface area (Å²) in [7, 11) is 4.01. The lowest BCUT2D eigenvalue weighted by Gasteiger charge is -2.12. The summed E-state index contributed by atoms with van der Waals surface area (Å²) in [5, 5.41) is 0. The van der Waals surface area contributed by atoms with Gasteiger partial charge in [-0.25, -0.2) is 4.98 Å². The minimum absolute atomic E-state index is 0.0120. The second-order valence-corrected chi connectivity index (χ2v) is 4.88. The Balaban J connectivity index is 2.40. The third-order valence-corrected chi connectivity index (χ3v) is 3.42. The van der Waals surface area contributed by atoms with E-state index < -0.39 is 0 Å². The van der Waals surface area contributed by atoms with Crippen LogP contribution in [0.3, 0.4) is 0 Å². The minimum Gasteiger partial charge on any atom is -0.378 e. The van der Waals surface area contributed by atoms with Crippen molar-refractivity contribution in [1.82, 2.24) is 4.98 Å². The number of ketones is 1. The van der Waals surface area contributed by atoms with Crippen molar-refractivity contribution in [3.05, 3.63) is 35.5 Å². The zero-order valence-electron chi connectivity index (χ0n) is 10.1. The fraction of sp³-hybridized carbons (Fsp3) is 0.231. The summed E-state index contributed by atoms with van der Waals surface area (Å²) in [5.74, 6) is 0.0120. The number of hydrogen-bond donors (Lipinski definition) is 0. The average Bonchev–Trinajstić information content (AvgIpc) is 2.78. The predicted molar refractivity (Wildman–Crippen MR) is 71.9 cm³/mol. The number of rotatable bonds is 3. The van der Waals surface area contributed by atoms with Crippen molar-refractivity contribution < 1.29 is 4.79 Å². The first kappa shape index (κ1) is 11.8. The number of benzene rings is 1. The molecule has 0 unspecified atom stereocenters. The summed E-state index contributed by atoms with van der Waals surface area (Å²) in [4.78, 5) is 18.5. The third-order valence-electron chi connectivity index (χ3n) is 2.55. The number of nitrogens with zero attached hydrogens (tertiary/aromatic N) is 2. The number of carbonyl (C=O) groups is 1. The fourth-order valence-electron chi connectivity index (χ4n) is 1.61. The smallest absolute Gasteiger partial charge is 0.179 e. The SMILES string of the molecule is CC(=O)c1ncsc1-c1ccc(N(C)C)cc1. The van der Waals surface area contributed by atoms with Crippen molar-refractivity contribution in [2.24, 2.45) is 0 Å². The average molecular weight is 246 g/mol. The molecule has 0 aliphatic rings. The van der Waals surface area contributed by atoms with Gasteiger partial charge in [-0.2, -0.15) is 0 Å². The maximum absolute atomic E-state index is 11.4. The molecule has 1 aromatic heterocycles. The topological polar surface area (TPSA) is 33.2 Å². The zero-order valence-corrected chi connectivity index (χ0v) is 10.9. The molecule has 88 valence electrons. The molecule has 0 fully saturated rings. The molecule has 0 radical (unpaired) electrons. The Bertz CT molecular complexity index is 529. The van der Waals surface area contributed by atoms with Gasteiger partial charge in [-0.1, -0.05) is 12.1 Å². The van der Waals surface area contributed by atoms with E-state index in [1.165, 1.54) is 11.3 Å². The molecule has 0 N–H and O–H groups in total. The van der Waals surface area contributed by atoms with Crippen molar-refractivity contribution in [2.75, 3.05) is 19.0 Å². The molecule has 17 heavy (non-hydrogen) atoms. The van der Waals surface area contributed by atoms with E-state index in [0.29, 0.717) is 5.69 Å². The van der Waals surface area contributed by atoms with Crippen molar-refractivity contribution >= 4 is 22.8 Å². The summed E-state index contributed by atoms with van der Waals surface area (Å²) < 4.78 is 0. The molecule has 2 rings (SSSR count). The molecule has 1 aromatic carbocycles. The lowest BCUT2D eigenvalue weighted by Crippen LogP contribution is -2.07. The quantitative estimate of drug-likeness (QED) is 0.780. The molecule has 0 aliphatic heterocycles. The van der Waals surface area contributed by atoms with E-state index in [-0.39, 0.29) is 5.78 Å². The van der Waals surface area contributed by atoms with E-state index in [4.69, 9.17) is 0 Å². The maximum atomic E-state index is 11.4. The first-order valence-corrected chi connectivity index (χ1v) is 6.19. The molecule has 0 amide bonds. The minimum atomic E-state index is 0.0120. The Hall–Kier alpha value is -1.68. The van der Waals surface area contributed by atoms with Crippen LogP contribution >= 0.6 is 11.3 Å². The van der Waals surface area contributed by atoms with E-state index in [0.717, 1.165) is 16.1 Å². The van der Waals surface area contributed by atoms with Crippen LogP contribution in [0.2, 0.25) is 0 Å². The maximum Gasteiger partial charge on any atom is 0.179 e. The van der Waals surface area contributed by atoms with E-state index in [2.05, 4.69) is 4.98 Å². The largest absolute Gasteiger partial charge is 0.378 e. The monoisotopic (exact) mass is 246 g/mol. The Morgan fingerprint density at radius 1 is 1.24 bits per heavy atom. The first-order valence-electron chi connectivity index (χ1n) is 5.32. The molecule has 0 saturated carbocycles. The van der Waals surface area contributed by atoms with Gasteiger partial charge in [0.15, 0.2) is 5.78 Å². The van der Waals surface area contributed by atoms with Crippen molar-refractivity contribution in [2.45, 2.75) is 6.92 Å². The van der Waals surface area contributed by atoms with Crippen LogP contribution in [-0.2, 0) is 0 Å². The summed E-state index contributed by atoms with van der Waals surface area (Å²) in [6.45, 7) is 1.55. The lowest BCUT2D eigenvalue weighted by atomic mass is 10.1. The zero-order chi connectivity index (χ0) is 12.4. The van der Waals surface area contributed by atoms with Gasteiger partial charge in [0.2, 0.25) is 0 Å². The molecule has 3 nitrogen and oxygen atoms in total. The Morgan fingerprint density at radius 2 is 1.88 bits per heavy atom. The van der Waals surface area contributed by atoms with Crippen LogP contribution in [0.25, 0.3) is 10.4 Å². The number of Topliss-reactive ketones (excluding diaryl/α,β-unsaturated/α-hetero) is 1. The summed E-state index contributed by atoms with van der Waals surface area (Å²) >= 11 is 1.50. The molecular weight excluding hydrogens is 232 g/mol. The van der Waals surface area contributed by atoms with E-state index in [1.807, 2.05) is 43.3 Å². The lowest BCUT2D eigenvalue weighted by molar-refractivity contribution is 0.101. The van der Waals surface area contributed by atoms with Gasteiger partial charge in [-0.3, -0.25) is 4.79 Å². The van der Waals surface area contributed by atoms with Crippen LogP contribution in [0.15, 0.2) is 29.8 Å². The van der Waals surface area contributed by atoms with E-state index in [9.17, 15) is 4.79 Å². The summed E-state index contributed by atoms with van der Waals surface area (Å²) in [6, 6.07) is 8.13. The van der Waals surface area contributed by atoms with Gasteiger partial charge < -0.3 is 4.90 Å². The summed E-state index contributed by atoms with van der Waals surface area (Å²) in [5.41, 5.74) is 4.46. The highest BCUT2D eigenvalue weighted by Gasteiger charge is 2.12. The van der Waals surface area contributed by atoms with Crippen molar-refractivity contribution in [3.63, 3.8) is 0 Å². The van der Waals surface area contributed by atoms with Gasteiger partial charge in [-0.05, 0) is 17.7 Å². The van der Waals surface area contributed by atoms with Crippen LogP contribution in [0.5, 0.6) is 0 Å². The highest BCUT2D eigenvalue weighted by atomic mass is 32.1. The van der Waals surface area contributed by atoms with Crippen molar-refractivity contribution in [3.8, 4) is 10.4 Å². The molecule has 2 aromatic rings. The van der Waals surface area contributed by atoms with Crippen LogP contribution in [0.4, 0.5) is 5.69 Å². The highest BCUT2D eigenvalue weighted by molar-refractivity contribution is 7.13. The number of hydrogen-bond acceptors (Lipinski definition) is 4. The molecular formula is C13H14N2OS. The normalized spacial score (nSPS) is 10.3. The first-order chi connectivity index (χ1) is 8.09. The molecule has 4 heteroatoms. The van der Waals surface area contributed by atoms with Gasteiger partial charge in [0.05, 0.1) is 10.4 Å². The number of anilines is 1. The standard InChI is InChI=1S/C13H14N2OS/c1-9(16)12-13(17-8-14-12)10-4-6-11(7-5-10)15(2)3/h4-8H,1-3H3. The Kier molecular flexibility index (Phi) is 3.24. The molecule has 0 atom stereocenters. The Morgan fingerprint density at radius 3 is 2.41 bits per heavy atom. The predicted octanol–water partition coefficient (Wildman–Crippen LogP) is 3.08. The van der Waals surface area contributed by atoms with Crippen LogP contribution in [-0.4, -0.2) is 24.9 Å². The van der Waals surface area contributed by atoms with Gasteiger partial charge in [0.25, 0.3) is 0 Å². The van der Waals surface area contributed by atoms with Crippen LogP contribution in [0, 0.1) is 0 Å². The number of carbonyl (C=O) groups excluding carboxylic acids is 1. The Labute approximate surface area is 105 Å². The van der Waals surface area contributed by atoms with E-state index in [1.54, 1.807) is 12.4 Å². The van der Waals surface area contributed by atoms with Gasteiger partial charge >= 0.3 is 0 Å². The van der Waals surface area contributed by atoms with Gasteiger partial charge in [-0.15, -0.1) is 11.3 Å². The highest BCUT2D eigenvalue weighted by Crippen LogP contribution is 2.29. The fourth-order valence-corrected chi connectivity index (χ4v) is 2.46. The number of thiazole rings is 1. The number of aromatic nitrogens is 1. The van der Waals surface area contributed by atoms with Crippen LogP contribution in [0.1, 0.15) is 17.4 Å². The van der Waals surface area contributed by atoms with Crippen molar-refractivity contribution in [1.29, 1.82) is 0 Å². The second-order valence-electron chi connectivity index (χ2n) is 4.03. The summed E-state index contributed by atoms with van der Waals surface area (Å²) in [6.07, 6.45) is 0. The second kappa shape index (κ2) is 4.67. The molecule has 0 spiro atoms.